The fourth-order valence-corrected chi connectivity index (χ4v) is 3.74. The van der Waals surface area contributed by atoms with E-state index in [-0.39, 0.29) is 30.0 Å². The molecule has 157 valence electrons. The average Bonchev–Trinajstić information content (AvgIpc) is 3.15. The van der Waals surface area contributed by atoms with Gasteiger partial charge < -0.3 is 15.4 Å². The number of nitrogens with two attached hydrogens (primary N) is 1. The van der Waals surface area contributed by atoms with Gasteiger partial charge in [0.2, 0.25) is 11.8 Å². The molecule has 2 aromatic rings. The van der Waals surface area contributed by atoms with Crippen LogP contribution in [0, 0.1) is 12.2 Å². The second-order valence-electron chi connectivity index (χ2n) is 7.40. The Morgan fingerprint density at radius 3 is 2.70 bits per heavy atom. The van der Waals surface area contributed by atoms with Crippen LogP contribution in [0.4, 0.5) is 4.39 Å². The minimum atomic E-state index is -0.717. The van der Waals surface area contributed by atoms with Gasteiger partial charge in [-0.2, -0.15) is 0 Å². The molecule has 1 heterocycles. The van der Waals surface area contributed by atoms with Crippen LogP contribution in [0.5, 0.6) is 0 Å². The zero-order valence-electron chi connectivity index (χ0n) is 16.8. The molecule has 1 saturated heterocycles. The van der Waals surface area contributed by atoms with Crippen LogP contribution in [0.25, 0.3) is 0 Å². The molecule has 2 amide bonds. The maximum absolute atomic E-state index is 13.4. The van der Waals surface area contributed by atoms with Crippen molar-refractivity contribution >= 4 is 11.8 Å². The Morgan fingerprint density at radius 1 is 1.23 bits per heavy atom. The lowest BCUT2D eigenvalue weighted by Crippen LogP contribution is -2.36. The molecule has 6 heteroatoms. The molecular formula is C24H26FN2O3. The van der Waals surface area contributed by atoms with Crippen LogP contribution in [0.1, 0.15) is 34.3 Å². The summed E-state index contributed by atoms with van der Waals surface area (Å²) in [4.78, 5) is 26.2. The summed E-state index contributed by atoms with van der Waals surface area (Å²) in [5.74, 6) is -1.40. The highest BCUT2D eigenvalue weighted by Crippen LogP contribution is 2.25. The van der Waals surface area contributed by atoms with Crippen molar-refractivity contribution in [2.45, 2.75) is 38.0 Å². The SMILES string of the molecule is C=CCC1CC(OCc2ccccc2)CN1C(=O)[CH]Cc1ccc(F)cc1C(N)=O. The van der Waals surface area contributed by atoms with Crippen LogP contribution in [0.3, 0.4) is 0 Å². The number of amides is 2. The van der Waals surface area contributed by atoms with E-state index in [9.17, 15) is 14.0 Å². The number of primary amides is 1. The Balaban J connectivity index is 1.61. The van der Waals surface area contributed by atoms with Gasteiger partial charge in [-0.1, -0.05) is 42.5 Å². The van der Waals surface area contributed by atoms with Crippen LogP contribution in [0.2, 0.25) is 0 Å². The van der Waals surface area contributed by atoms with Gasteiger partial charge in [-0.3, -0.25) is 9.59 Å². The van der Waals surface area contributed by atoms with Gasteiger partial charge in [0.1, 0.15) is 5.82 Å². The third-order valence-corrected chi connectivity index (χ3v) is 5.26. The average molecular weight is 409 g/mol. The van der Waals surface area contributed by atoms with Gasteiger partial charge in [-0.05, 0) is 42.5 Å². The molecule has 0 aromatic heterocycles. The largest absolute Gasteiger partial charge is 0.372 e. The molecule has 30 heavy (non-hydrogen) atoms. The molecule has 1 radical (unpaired) electrons. The van der Waals surface area contributed by atoms with Gasteiger partial charge >= 0.3 is 0 Å². The minimum Gasteiger partial charge on any atom is -0.372 e. The summed E-state index contributed by atoms with van der Waals surface area (Å²) in [5.41, 5.74) is 7.03. The second-order valence-corrected chi connectivity index (χ2v) is 7.40. The number of rotatable bonds is 9. The van der Waals surface area contributed by atoms with Gasteiger partial charge in [-0.25, -0.2) is 4.39 Å². The highest BCUT2D eigenvalue weighted by Gasteiger charge is 2.34. The topological polar surface area (TPSA) is 72.6 Å². The predicted molar refractivity (Wildman–Crippen MR) is 113 cm³/mol. The first-order valence-corrected chi connectivity index (χ1v) is 9.96. The summed E-state index contributed by atoms with van der Waals surface area (Å²) in [6.45, 7) is 4.78. The van der Waals surface area contributed by atoms with Gasteiger partial charge in [0, 0.05) is 18.2 Å². The molecular weight excluding hydrogens is 383 g/mol. The first-order chi connectivity index (χ1) is 14.5. The fraction of sp³-hybridized carbons (Fsp3) is 0.292. The van der Waals surface area contributed by atoms with E-state index < -0.39 is 11.7 Å². The number of nitrogens with zero attached hydrogens (tertiary/aromatic N) is 1. The zero-order chi connectivity index (χ0) is 21.5. The number of halogens is 1. The van der Waals surface area contributed by atoms with E-state index in [1.807, 2.05) is 30.3 Å². The second kappa shape index (κ2) is 10.2. The highest BCUT2D eigenvalue weighted by atomic mass is 19.1. The van der Waals surface area contributed by atoms with E-state index in [1.165, 1.54) is 18.6 Å². The first kappa shape index (κ1) is 21.7. The number of carbonyl (C=O) groups excluding carboxylic acids is 2. The lowest BCUT2D eigenvalue weighted by Gasteiger charge is -2.23. The van der Waals surface area contributed by atoms with E-state index in [4.69, 9.17) is 10.5 Å². The summed E-state index contributed by atoms with van der Waals surface area (Å²) in [6, 6.07) is 13.7. The van der Waals surface area contributed by atoms with Crippen molar-refractivity contribution in [3.63, 3.8) is 0 Å². The van der Waals surface area contributed by atoms with E-state index in [0.29, 0.717) is 25.1 Å². The Labute approximate surface area is 176 Å². The molecule has 2 unspecified atom stereocenters. The molecule has 5 nitrogen and oxygen atoms in total. The standard InChI is InChI=1S/C24H26FN2O3/c1-2-6-20-14-21(30-16-17-7-4-3-5-8-17)15-27(20)23(28)12-10-18-9-11-19(25)13-22(18)24(26)29/h2-5,7-9,11-13,20-21H,1,6,10,14-16H2,(H2,26,29). The maximum atomic E-state index is 13.4. The Morgan fingerprint density at radius 2 is 2.00 bits per heavy atom. The van der Waals surface area contributed by atoms with Crippen molar-refractivity contribution in [1.82, 2.24) is 4.90 Å². The third-order valence-electron chi connectivity index (χ3n) is 5.26. The smallest absolute Gasteiger partial charge is 0.249 e. The maximum Gasteiger partial charge on any atom is 0.249 e. The lowest BCUT2D eigenvalue weighted by atomic mass is 10.0. The molecule has 0 bridgehead atoms. The van der Waals surface area contributed by atoms with Crippen molar-refractivity contribution < 1.29 is 18.7 Å². The zero-order valence-corrected chi connectivity index (χ0v) is 16.8. The summed E-state index contributed by atoms with van der Waals surface area (Å²) < 4.78 is 19.4. The Kier molecular flexibility index (Phi) is 7.36. The quantitative estimate of drug-likeness (QED) is 0.645. The van der Waals surface area contributed by atoms with Crippen LogP contribution >= 0.6 is 0 Å². The van der Waals surface area contributed by atoms with Crippen LogP contribution in [-0.4, -0.2) is 35.4 Å². The molecule has 2 N–H and O–H groups in total. The Bertz CT molecular complexity index is 901. The van der Waals surface area contributed by atoms with E-state index in [2.05, 4.69) is 6.58 Å². The van der Waals surface area contributed by atoms with Crippen molar-refractivity contribution in [3.05, 3.63) is 90.1 Å². The molecule has 0 aliphatic carbocycles. The fourth-order valence-electron chi connectivity index (χ4n) is 3.74. The molecule has 2 aromatic carbocycles. The van der Waals surface area contributed by atoms with Crippen molar-refractivity contribution in [2.75, 3.05) is 6.54 Å². The molecule has 1 aliphatic heterocycles. The number of benzene rings is 2. The van der Waals surface area contributed by atoms with Crippen LogP contribution in [0.15, 0.2) is 61.2 Å². The first-order valence-electron chi connectivity index (χ1n) is 9.96. The summed E-state index contributed by atoms with van der Waals surface area (Å²) in [5, 5.41) is 0. The Hall–Kier alpha value is -2.99. The molecule has 0 spiro atoms. The molecule has 1 aliphatic rings. The van der Waals surface area contributed by atoms with Gasteiger partial charge in [0.25, 0.3) is 0 Å². The number of likely N-dealkylation sites (tertiary alicyclic amines) is 1. The van der Waals surface area contributed by atoms with Gasteiger partial charge in [-0.15, -0.1) is 6.58 Å². The van der Waals surface area contributed by atoms with Crippen LogP contribution < -0.4 is 5.73 Å². The van der Waals surface area contributed by atoms with Crippen molar-refractivity contribution in [1.29, 1.82) is 0 Å². The summed E-state index contributed by atoms with van der Waals surface area (Å²) in [6.07, 6.45) is 4.87. The lowest BCUT2D eigenvalue weighted by molar-refractivity contribution is -0.128. The number of ether oxygens (including phenoxy) is 1. The molecule has 3 rings (SSSR count). The van der Waals surface area contributed by atoms with E-state index in [0.717, 1.165) is 18.1 Å². The van der Waals surface area contributed by atoms with Crippen LogP contribution in [-0.2, 0) is 22.6 Å². The normalized spacial score (nSPS) is 18.4. The monoisotopic (exact) mass is 409 g/mol. The van der Waals surface area contributed by atoms with E-state index >= 15 is 0 Å². The van der Waals surface area contributed by atoms with Gasteiger partial charge in [0.15, 0.2) is 0 Å². The number of hydrogen-bond donors (Lipinski definition) is 1. The predicted octanol–water partition coefficient (Wildman–Crippen LogP) is 3.43. The minimum absolute atomic E-state index is 0.0100. The molecule has 2 atom stereocenters. The molecule has 0 saturated carbocycles. The number of carbonyl (C=O) groups is 2. The van der Waals surface area contributed by atoms with E-state index in [1.54, 1.807) is 11.0 Å². The van der Waals surface area contributed by atoms with Crippen molar-refractivity contribution in [3.8, 4) is 0 Å². The summed E-state index contributed by atoms with van der Waals surface area (Å²) in [7, 11) is 0. The number of hydrogen-bond acceptors (Lipinski definition) is 3. The van der Waals surface area contributed by atoms with Crippen molar-refractivity contribution in [2.24, 2.45) is 5.73 Å². The van der Waals surface area contributed by atoms with Gasteiger partial charge in [0.05, 0.1) is 19.1 Å². The summed E-state index contributed by atoms with van der Waals surface area (Å²) >= 11 is 0. The third kappa shape index (κ3) is 5.54. The highest BCUT2D eigenvalue weighted by molar-refractivity contribution is 5.95. The molecule has 1 fully saturated rings.